The van der Waals surface area contributed by atoms with Crippen molar-refractivity contribution in [1.82, 2.24) is 4.90 Å². The zero-order valence-electron chi connectivity index (χ0n) is 15.9. The summed E-state index contributed by atoms with van der Waals surface area (Å²) in [4.78, 5) is 19.4. The first-order valence-electron chi connectivity index (χ1n) is 9.13. The molecule has 1 aliphatic rings. The third kappa shape index (κ3) is 4.26. The Morgan fingerprint density at radius 3 is 2.68 bits per heavy atom. The first kappa shape index (κ1) is 19.7. The highest BCUT2D eigenvalue weighted by atomic mass is 32.2. The van der Waals surface area contributed by atoms with Crippen molar-refractivity contribution < 1.29 is 9.53 Å². The molecular formula is C22H21N3O2S. The molecule has 0 spiro atoms. The molecule has 1 saturated heterocycles. The maximum absolute atomic E-state index is 12.7. The molecule has 0 aliphatic carbocycles. The third-order valence-corrected chi connectivity index (χ3v) is 5.27. The highest BCUT2D eigenvalue weighted by Gasteiger charge is 2.32. The molecule has 0 saturated carbocycles. The zero-order chi connectivity index (χ0) is 19.9. The minimum Gasteiger partial charge on any atom is -0.488 e. The lowest BCUT2D eigenvalue weighted by molar-refractivity contribution is -0.122. The number of aliphatic imine (C=N–C) groups is 1. The van der Waals surface area contributed by atoms with Crippen LogP contribution in [-0.2, 0) is 11.4 Å². The van der Waals surface area contributed by atoms with Crippen LogP contribution in [-0.4, -0.2) is 29.1 Å². The monoisotopic (exact) mass is 391 g/mol. The number of ether oxygens (including phenoxy) is 1. The van der Waals surface area contributed by atoms with E-state index in [1.54, 1.807) is 11.0 Å². The first-order chi connectivity index (χ1) is 13.7. The fourth-order valence-corrected chi connectivity index (χ4v) is 3.92. The molecule has 3 rings (SSSR count). The molecule has 0 atom stereocenters. The lowest BCUT2D eigenvalue weighted by Crippen LogP contribution is -2.28. The Morgan fingerprint density at radius 1 is 1.18 bits per heavy atom. The molecule has 0 unspecified atom stereocenters. The van der Waals surface area contributed by atoms with Crippen molar-refractivity contribution in [3.63, 3.8) is 0 Å². The molecule has 2 aromatic carbocycles. The van der Waals surface area contributed by atoms with Crippen LogP contribution < -0.4 is 4.74 Å². The van der Waals surface area contributed by atoms with Crippen molar-refractivity contribution >= 4 is 28.9 Å². The lowest BCUT2D eigenvalue weighted by atomic mass is 10.1. The molecule has 0 radical (unpaired) electrons. The molecular weight excluding hydrogens is 370 g/mol. The van der Waals surface area contributed by atoms with Crippen LogP contribution in [0.4, 0.5) is 0 Å². The van der Waals surface area contributed by atoms with Gasteiger partial charge in [0.25, 0.3) is 5.91 Å². The summed E-state index contributed by atoms with van der Waals surface area (Å²) in [5, 5.41) is 9.97. The molecule has 1 aliphatic heterocycles. The van der Waals surface area contributed by atoms with Crippen LogP contribution in [0.15, 0.2) is 58.4 Å². The second-order valence-electron chi connectivity index (χ2n) is 6.01. The normalized spacial score (nSPS) is 16.6. The summed E-state index contributed by atoms with van der Waals surface area (Å²) in [6, 6.07) is 17.1. The van der Waals surface area contributed by atoms with Gasteiger partial charge in [-0.2, -0.15) is 5.26 Å². The van der Waals surface area contributed by atoms with Gasteiger partial charge in [0.2, 0.25) is 0 Å². The highest BCUT2D eigenvalue weighted by Crippen LogP contribution is 2.34. The van der Waals surface area contributed by atoms with Gasteiger partial charge in [-0.1, -0.05) is 36.4 Å². The number of amides is 1. The van der Waals surface area contributed by atoms with Gasteiger partial charge in [0, 0.05) is 24.2 Å². The standard InChI is InChI=1S/C22H21N3O2S/c1-3-24-22-25(4-2)21(26)20(28-22)13-16-9-7-8-12-19(16)27-15-18-11-6-5-10-17(18)14-23/h5-13H,3-4,15H2,1-2H3/b20-13+,24-22?. The van der Waals surface area contributed by atoms with Gasteiger partial charge in [-0.05, 0) is 43.8 Å². The fraction of sp³-hybridized carbons (Fsp3) is 0.227. The van der Waals surface area contributed by atoms with Crippen molar-refractivity contribution in [2.75, 3.05) is 13.1 Å². The Labute approximate surface area is 169 Å². The van der Waals surface area contributed by atoms with E-state index in [-0.39, 0.29) is 12.5 Å². The van der Waals surface area contributed by atoms with E-state index in [1.807, 2.05) is 62.4 Å². The van der Waals surface area contributed by atoms with E-state index in [0.29, 0.717) is 29.3 Å². The molecule has 142 valence electrons. The minimum atomic E-state index is -0.0377. The third-order valence-electron chi connectivity index (χ3n) is 4.22. The average Bonchev–Trinajstić information content (AvgIpc) is 3.02. The topological polar surface area (TPSA) is 65.7 Å². The van der Waals surface area contributed by atoms with E-state index in [0.717, 1.165) is 16.3 Å². The van der Waals surface area contributed by atoms with Crippen LogP contribution in [0, 0.1) is 11.3 Å². The number of nitrogens with zero attached hydrogens (tertiary/aromatic N) is 3. The van der Waals surface area contributed by atoms with E-state index in [1.165, 1.54) is 11.8 Å². The van der Waals surface area contributed by atoms with Crippen LogP contribution >= 0.6 is 11.8 Å². The Kier molecular flexibility index (Phi) is 6.51. The van der Waals surface area contributed by atoms with Gasteiger partial charge in [-0.25, -0.2) is 0 Å². The average molecular weight is 391 g/mol. The van der Waals surface area contributed by atoms with Gasteiger partial charge in [-0.3, -0.25) is 14.7 Å². The Balaban J connectivity index is 1.85. The lowest BCUT2D eigenvalue weighted by Gasteiger charge is -2.12. The van der Waals surface area contributed by atoms with E-state index in [9.17, 15) is 10.1 Å². The summed E-state index contributed by atoms with van der Waals surface area (Å²) in [5.74, 6) is 0.629. The van der Waals surface area contributed by atoms with Crippen molar-refractivity contribution in [2.24, 2.45) is 4.99 Å². The van der Waals surface area contributed by atoms with Gasteiger partial charge < -0.3 is 4.74 Å². The second kappa shape index (κ2) is 9.25. The van der Waals surface area contributed by atoms with Gasteiger partial charge in [0.05, 0.1) is 16.5 Å². The minimum absolute atomic E-state index is 0.0377. The van der Waals surface area contributed by atoms with Crippen LogP contribution in [0.2, 0.25) is 0 Å². The van der Waals surface area contributed by atoms with Crippen molar-refractivity contribution in [3.8, 4) is 11.8 Å². The van der Waals surface area contributed by atoms with E-state index < -0.39 is 0 Å². The van der Waals surface area contributed by atoms with Gasteiger partial charge in [0.1, 0.15) is 12.4 Å². The number of benzene rings is 2. The van der Waals surface area contributed by atoms with Crippen molar-refractivity contribution in [3.05, 3.63) is 70.1 Å². The number of para-hydroxylation sites is 1. The summed E-state index contributed by atoms with van der Waals surface area (Å²) in [6.45, 7) is 5.41. The summed E-state index contributed by atoms with van der Waals surface area (Å²) in [7, 11) is 0. The highest BCUT2D eigenvalue weighted by molar-refractivity contribution is 8.18. The molecule has 5 nitrogen and oxygen atoms in total. The van der Waals surface area contributed by atoms with E-state index >= 15 is 0 Å². The molecule has 6 heteroatoms. The van der Waals surface area contributed by atoms with Crippen LogP contribution in [0.3, 0.4) is 0 Å². The summed E-state index contributed by atoms with van der Waals surface area (Å²) in [5.41, 5.74) is 2.24. The Hall–Kier alpha value is -3.04. The van der Waals surface area contributed by atoms with Crippen LogP contribution in [0.1, 0.15) is 30.5 Å². The predicted molar refractivity (Wildman–Crippen MR) is 113 cm³/mol. The Morgan fingerprint density at radius 2 is 1.93 bits per heavy atom. The summed E-state index contributed by atoms with van der Waals surface area (Å²) >= 11 is 1.39. The molecule has 1 amide bonds. The number of likely N-dealkylation sites (N-methyl/N-ethyl adjacent to an activating group) is 1. The fourth-order valence-electron chi connectivity index (χ4n) is 2.82. The number of carbonyl (C=O) groups is 1. The number of thioether (sulfide) groups is 1. The number of amidine groups is 1. The van der Waals surface area contributed by atoms with Crippen LogP contribution in [0.5, 0.6) is 5.75 Å². The van der Waals surface area contributed by atoms with Crippen molar-refractivity contribution in [1.29, 1.82) is 5.26 Å². The molecule has 2 aromatic rings. The summed E-state index contributed by atoms with van der Waals surface area (Å²) < 4.78 is 5.98. The number of carbonyl (C=O) groups excluding carboxylic acids is 1. The molecule has 28 heavy (non-hydrogen) atoms. The summed E-state index contributed by atoms with van der Waals surface area (Å²) in [6.07, 6.45) is 1.85. The molecule has 1 fully saturated rings. The van der Waals surface area contributed by atoms with E-state index in [2.05, 4.69) is 11.1 Å². The molecule has 0 bridgehead atoms. The van der Waals surface area contributed by atoms with Gasteiger partial charge >= 0.3 is 0 Å². The maximum Gasteiger partial charge on any atom is 0.266 e. The van der Waals surface area contributed by atoms with Crippen LogP contribution in [0.25, 0.3) is 6.08 Å². The number of hydrogen-bond donors (Lipinski definition) is 0. The van der Waals surface area contributed by atoms with Gasteiger partial charge in [0.15, 0.2) is 5.17 Å². The van der Waals surface area contributed by atoms with Gasteiger partial charge in [-0.15, -0.1) is 0 Å². The number of nitriles is 1. The molecule has 0 N–H and O–H groups in total. The zero-order valence-corrected chi connectivity index (χ0v) is 16.7. The second-order valence-corrected chi connectivity index (χ2v) is 7.02. The maximum atomic E-state index is 12.7. The smallest absolute Gasteiger partial charge is 0.266 e. The number of hydrogen-bond acceptors (Lipinski definition) is 5. The molecule has 0 aromatic heterocycles. The first-order valence-corrected chi connectivity index (χ1v) is 9.95. The van der Waals surface area contributed by atoms with Crippen molar-refractivity contribution in [2.45, 2.75) is 20.5 Å². The number of rotatable bonds is 6. The largest absolute Gasteiger partial charge is 0.488 e. The quantitative estimate of drug-likeness (QED) is 0.683. The Bertz CT molecular complexity index is 976. The SMILES string of the molecule is CCN=C1S/C(=C/c2ccccc2OCc2ccccc2C#N)C(=O)N1CC. The molecule has 1 heterocycles. The van der Waals surface area contributed by atoms with E-state index in [4.69, 9.17) is 4.74 Å². The predicted octanol–water partition coefficient (Wildman–Crippen LogP) is 4.45.